The summed E-state index contributed by atoms with van der Waals surface area (Å²) in [4.78, 5) is 12.6. The number of hydrogen-bond donors (Lipinski definition) is 1. The molecular weight excluding hydrogens is 246 g/mol. The summed E-state index contributed by atoms with van der Waals surface area (Å²) in [6.07, 6.45) is 1.88. The molecule has 2 aromatic rings. The third kappa shape index (κ3) is 2.34. The highest BCUT2D eigenvalue weighted by Crippen LogP contribution is 2.49. The van der Waals surface area contributed by atoms with E-state index in [0.29, 0.717) is 0 Å². The van der Waals surface area contributed by atoms with Gasteiger partial charge in [-0.1, -0.05) is 42.0 Å². The Hall–Kier alpha value is -2.09. The Balaban J connectivity index is 1.81. The van der Waals surface area contributed by atoms with Crippen LogP contribution in [-0.2, 0) is 10.2 Å². The van der Waals surface area contributed by atoms with E-state index in [1.807, 2.05) is 31.2 Å². The fourth-order valence-corrected chi connectivity index (χ4v) is 2.62. The van der Waals surface area contributed by atoms with Crippen LogP contribution in [0.15, 0.2) is 48.5 Å². The van der Waals surface area contributed by atoms with E-state index in [-0.39, 0.29) is 11.3 Å². The van der Waals surface area contributed by atoms with Gasteiger partial charge in [-0.05, 0) is 49.9 Å². The van der Waals surface area contributed by atoms with Crippen molar-refractivity contribution in [3.63, 3.8) is 0 Å². The Bertz CT molecular complexity index is 639. The number of carbonyl (C=O) groups excluding carboxylic acids is 1. The van der Waals surface area contributed by atoms with Crippen molar-refractivity contribution >= 4 is 11.6 Å². The van der Waals surface area contributed by atoms with Crippen LogP contribution < -0.4 is 5.32 Å². The molecule has 0 bridgehead atoms. The molecule has 0 heterocycles. The van der Waals surface area contributed by atoms with Crippen LogP contribution in [0.1, 0.15) is 29.5 Å². The van der Waals surface area contributed by atoms with Crippen molar-refractivity contribution in [2.45, 2.75) is 32.1 Å². The minimum Gasteiger partial charge on any atom is -0.325 e. The number of hydrogen-bond acceptors (Lipinski definition) is 1. The third-order valence-corrected chi connectivity index (χ3v) is 4.06. The highest BCUT2D eigenvalue weighted by Gasteiger charge is 2.51. The van der Waals surface area contributed by atoms with Gasteiger partial charge in [0.05, 0.1) is 5.41 Å². The topological polar surface area (TPSA) is 29.1 Å². The molecule has 2 heteroatoms. The molecule has 0 atom stereocenters. The summed E-state index contributed by atoms with van der Waals surface area (Å²) < 4.78 is 0. The number of amides is 1. The maximum absolute atomic E-state index is 12.6. The summed E-state index contributed by atoms with van der Waals surface area (Å²) in [5, 5.41) is 3.06. The molecule has 1 fully saturated rings. The maximum Gasteiger partial charge on any atom is 0.235 e. The second-order valence-corrected chi connectivity index (χ2v) is 5.77. The lowest BCUT2D eigenvalue weighted by atomic mass is 9.94. The average molecular weight is 265 g/mol. The molecule has 20 heavy (non-hydrogen) atoms. The fraction of sp³-hybridized carbons (Fsp3) is 0.278. The summed E-state index contributed by atoms with van der Waals surface area (Å²) in [6.45, 7) is 4.10. The Morgan fingerprint density at radius 3 is 2.30 bits per heavy atom. The summed E-state index contributed by atoms with van der Waals surface area (Å²) >= 11 is 0. The molecule has 3 rings (SSSR count). The quantitative estimate of drug-likeness (QED) is 0.893. The van der Waals surface area contributed by atoms with Gasteiger partial charge in [0.1, 0.15) is 0 Å². The van der Waals surface area contributed by atoms with Crippen LogP contribution in [0.5, 0.6) is 0 Å². The van der Waals surface area contributed by atoms with Crippen LogP contribution in [0, 0.1) is 13.8 Å². The van der Waals surface area contributed by atoms with Crippen molar-refractivity contribution < 1.29 is 4.79 Å². The van der Waals surface area contributed by atoms with E-state index in [1.54, 1.807) is 0 Å². The lowest BCUT2D eigenvalue weighted by Gasteiger charge is -2.16. The Labute approximate surface area is 119 Å². The summed E-state index contributed by atoms with van der Waals surface area (Å²) in [7, 11) is 0. The van der Waals surface area contributed by atoms with E-state index in [4.69, 9.17) is 0 Å². The molecule has 0 spiro atoms. The van der Waals surface area contributed by atoms with Crippen LogP contribution in [0.3, 0.4) is 0 Å². The van der Waals surface area contributed by atoms with Gasteiger partial charge in [-0.3, -0.25) is 4.79 Å². The van der Waals surface area contributed by atoms with Crippen molar-refractivity contribution in [3.05, 3.63) is 65.2 Å². The van der Waals surface area contributed by atoms with E-state index in [0.717, 1.165) is 29.7 Å². The van der Waals surface area contributed by atoms with E-state index in [9.17, 15) is 4.79 Å². The van der Waals surface area contributed by atoms with Gasteiger partial charge in [0.2, 0.25) is 5.91 Å². The molecule has 1 aliphatic rings. The van der Waals surface area contributed by atoms with Crippen molar-refractivity contribution in [2.24, 2.45) is 0 Å². The summed E-state index contributed by atoms with van der Waals surface area (Å²) in [5.74, 6) is 0.118. The van der Waals surface area contributed by atoms with Gasteiger partial charge < -0.3 is 5.32 Å². The summed E-state index contributed by atoms with van der Waals surface area (Å²) in [6, 6.07) is 16.3. The minimum absolute atomic E-state index is 0.118. The zero-order valence-corrected chi connectivity index (χ0v) is 11.9. The van der Waals surface area contributed by atoms with Crippen LogP contribution in [0.2, 0.25) is 0 Å². The van der Waals surface area contributed by atoms with Gasteiger partial charge in [-0.15, -0.1) is 0 Å². The molecule has 2 nitrogen and oxygen atoms in total. The zero-order valence-electron chi connectivity index (χ0n) is 11.9. The molecule has 0 radical (unpaired) electrons. The average Bonchev–Trinajstić information content (AvgIpc) is 3.21. The maximum atomic E-state index is 12.6. The largest absolute Gasteiger partial charge is 0.325 e. The van der Waals surface area contributed by atoms with E-state index in [1.165, 1.54) is 5.56 Å². The first-order valence-electron chi connectivity index (χ1n) is 7.05. The second-order valence-electron chi connectivity index (χ2n) is 5.77. The van der Waals surface area contributed by atoms with Gasteiger partial charge in [0.25, 0.3) is 0 Å². The molecule has 0 saturated heterocycles. The van der Waals surface area contributed by atoms with E-state index in [2.05, 4.69) is 36.5 Å². The van der Waals surface area contributed by atoms with Gasteiger partial charge >= 0.3 is 0 Å². The number of benzene rings is 2. The van der Waals surface area contributed by atoms with Gasteiger partial charge in [-0.25, -0.2) is 0 Å². The van der Waals surface area contributed by atoms with Gasteiger partial charge in [0.15, 0.2) is 0 Å². The molecule has 0 aliphatic heterocycles. The molecule has 0 unspecified atom stereocenters. The fourth-order valence-electron chi connectivity index (χ4n) is 2.62. The smallest absolute Gasteiger partial charge is 0.235 e. The predicted octanol–water partition coefficient (Wildman–Crippen LogP) is 3.97. The highest BCUT2D eigenvalue weighted by atomic mass is 16.2. The zero-order chi connectivity index (χ0) is 14.2. The lowest BCUT2D eigenvalue weighted by molar-refractivity contribution is -0.118. The van der Waals surface area contributed by atoms with E-state index < -0.39 is 0 Å². The van der Waals surface area contributed by atoms with Crippen molar-refractivity contribution in [1.82, 2.24) is 0 Å². The molecule has 0 aromatic heterocycles. The molecule has 102 valence electrons. The van der Waals surface area contributed by atoms with Gasteiger partial charge in [-0.2, -0.15) is 0 Å². The molecular formula is C18H19NO. The van der Waals surface area contributed by atoms with Crippen LogP contribution in [-0.4, -0.2) is 5.91 Å². The lowest BCUT2D eigenvalue weighted by Crippen LogP contribution is -2.27. The number of nitrogens with one attached hydrogen (secondary N) is 1. The standard InChI is InChI=1S/C18H19NO/c1-13-6-8-15(9-7-13)18(10-11-18)17(20)19-16-5-3-4-14(2)12-16/h3-9,12H,10-11H2,1-2H3,(H,19,20). The minimum atomic E-state index is -0.308. The number of anilines is 1. The van der Waals surface area contributed by atoms with Crippen LogP contribution in [0.25, 0.3) is 0 Å². The normalized spacial score (nSPS) is 15.7. The van der Waals surface area contributed by atoms with Gasteiger partial charge in [0, 0.05) is 5.69 Å². The highest BCUT2D eigenvalue weighted by molar-refractivity contribution is 6.01. The number of rotatable bonds is 3. The van der Waals surface area contributed by atoms with Crippen molar-refractivity contribution in [3.8, 4) is 0 Å². The van der Waals surface area contributed by atoms with Crippen LogP contribution >= 0.6 is 0 Å². The third-order valence-electron chi connectivity index (χ3n) is 4.06. The predicted molar refractivity (Wildman–Crippen MR) is 81.9 cm³/mol. The Morgan fingerprint density at radius 2 is 1.70 bits per heavy atom. The van der Waals surface area contributed by atoms with Crippen molar-refractivity contribution in [1.29, 1.82) is 0 Å². The Kier molecular flexibility index (Phi) is 3.09. The second kappa shape index (κ2) is 4.78. The molecule has 1 saturated carbocycles. The van der Waals surface area contributed by atoms with E-state index >= 15 is 0 Å². The molecule has 1 aliphatic carbocycles. The number of aryl methyl sites for hydroxylation is 2. The monoisotopic (exact) mass is 265 g/mol. The Morgan fingerprint density at radius 1 is 1.00 bits per heavy atom. The number of carbonyl (C=O) groups is 1. The first-order chi connectivity index (χ1) is 9.60. The molecule has 1 amide bonds. The SMILES string of the molecule is Cc1ccc(C2(C(=O)Nc3cccc(C)c3)CC2)cc1. The first kappa shape index (κ1) is 12.9. The first-order valence-corrected chi connectivity index (χ1v) is 7.05. The molecule has 2 aromatic carbocycles. The van der Waals surface area contributed by atoms with Crippen LogP contribution in [0.4, 0.5) is 5.69 Å². The van der Waals surface area contributed by atoms with Crippen molar-refractivity contribution in [2.75, 3.05) is 5.32 Å². The summed E-state index contributed by atoms with van der Waals surface area (Å²) in [5.41, 5.74) is 4.09. The molecule has 1 N–H and O–H groups in total.